The number of hydrogen-bond acceptors (Lipinski definition) is 4. The molecule has 139 valence electrons. The first-order chi connectivity index (χ1) is 11.8. The standard InChI is InChI=1S/C19H31N2O3Si/c1-19(2,3)18(24-25(4)5)16-8-6-7-15(20-16)9-10-17(22)21-11-13-23-14-12-21/h6-8,18H,9-14H2,1-5H3. The lowest BCUT2D eigenvalue weighted by Gasteiger charge is -2.32. The minimum absolute atomic E-state index is 0.0167. The third-order valence-corrected chi connectivity index (χ3v) is 4.90. The van der Waals surface area contributed by atoms with Gasteiger partial charge in [0.15, 0.2) is 0 Å². The summed E-state index contributed by atoms with van der Waals surface area (Å²) in [6.45, 7) is 13.5. The van der Waals surface area contributed by atoms with Crippen LogP contribution in [0.15, 0.2) is 18.2 Å². The fraction of sp³-hybridized carbons (Fsp3) is 0.684. The number of ether oxygens (including phenoxy) is 1. The average molecular weight is 364 g/mol. The van der Waals surface area contributed by atoms with Crippen LogP contribution in [0.3, 0.4) is 0 Å². The molecule has 1 amide bonds. The van der Waals surface area contributed by atoms with Crippen molar-refractivity contribution < 1.29 is 14.0 Å². The van der Waals surface area contributed by atoms with Gasteiger partial charge in [-0.25, -0.2) is 0 Å². The summed E-state index contributed by atoms with van der Waals surface area (Å²) in [6, 6.07) is 6.06. The molecule has 1 aromatic rings. The van der Waals surface area contributed by atoms with Crippen molar-refractivity contribution in [3.63, 3.8) is 0 Å². The summed E-state index contributed by atoms with van der Waals surface area (Å²) in [4.78, 5) is 19.0. The lowest BCUT2D eigenvalue weighted by Crippen LogP contribution is -2.40. The number of amides is 1. The second-order valence-electron chi connectivity index (χ2n) is 7.82. The van der Waals surface area contributed by atoms with Crippen LogP contribution in [0.1, 0.15) is 44.7 Å². The Morgan fingerprint density at radius 3 is 2.60 bits per heavy atom. The first-order valence-electron chi connectivity index (χ1n) is 9.05. The van der Waals surface area contributed by atoms with Crippen LogP contribution in [0.2, 0.25) is 13.1 Å². The van der Waals surface area contributed by atoms with E-state index in [1.807, 2.05) is 23.1 Å². The minimum Gasteiger partial charge on any atom is -0.408 e. The Balaban J connectivity index is 2.03. The molecule has 0 N–H and O–H groups in total. The van der Waals surface area contributed by atoms with Crippen LogP contribution < -0.4 is 0 Å². The highest BCUT2D eigenvalue weighted by molar-refractivity contribution is 6.48. The van der Waals surface area contributed by atoms with Crippen LogP contribution in [0.5, 0.6) is 0 Å². The zero-order valence-corrected chi connectivity index (χ0v) is 17.2. The lowest BCUT2D eigenvalue weighted by molar-refractivity contribution is -0.135. The van der Waals surface area contributed by atoms with E-state index in [9.17, 15) is 4.79 Å². The molecule has 1 aromatic heterocycles. The van der Waals surface area contributed by atoms with Gasteiger partial charge >= 0.3 is 0 Å². The molecule has 0 aliphatic carbocycles. The Hall–Kier alpha value is -1.24. The maximum atomic E-state index is 12.3. The van der Waals surface area contributed by atoms with Crippen LogP contribution in [-0.4, -0.2) is 51.1 Å². The Kier molecular flexibility index (Phi) is 7.16. The molecular formula is C19H31N2O3Si. The molecule has 1 atom stereocenters. The molecule has 1 aliphatic rings. The van der Waals surface area contributed by atoms with E-state index in [-0.39, 0.29) is 17.4 Å². The minimum atomic E-state index is -0.828. The second-order valence-corrected chi connectivity index (χ2v) is 9.87. The summed E-state index contributed by atoms with van der Waals surface area (Å²) in [5, 5.41) is 0. The molecule has 0 bridgehead atoms. The molecule has 1 saturated heterocycles. The Morgan fingerprint density at radius 2 is 2.00 bits per heavy atom. The second kappa shape index (κ2) is 8.92. The van der Waals surface area contributed by atoms with E-state index in [0.717, 1.165) is 11.4 Å². The average Bonchev–Trinajstić information content (AvgIpc) is 2.57. The van der Waals surface area contributed by atoms with Crippen molar-refractivity contribution in [2.24, 2.45) is 5.41 Å². The number of aryl methyl sites for hydroxylation is 1. The molecule has 1 aliphatic heterocycles. The number of nitrogens with zero attached hydrogens (tertiary/aromatic N) is 2. The quantitative estimate of drug-likeness (QED) is 0.728. The highest BCUT2D eigenvalue weighted by atomic mass is 28.3. The zero-order valence-electron chi connectivity index (χ0n) is 16.2. The summed E-state index contributed by atoms with van der Waals surface area (Å²) in [7, 11) is -0.828. The van der Waals surface area contributed by atoms with Crippen LogP contribution in [0.25, 0.3) is 0 Å². The Labute approximate surface area is 153 Å². The van der Waals surface area contributed by atoms with Gasteiger partial charge in [0.05, 0.1) is 25.0 Å². The third-order valence-electron chi connectivity index (χ3n) is 4.20. The molecule has 0 aromatic carbocycles. The number of rotatable bonds is 6. The maximum Gasteiger partial charge on any atom is 0.223 e. The number of carbonyl (C=O) groups excluding carboxylic acids is 1. The van der Waals surface area contributed by atoms with Crippen molar-refractivity contribution in [2.75, 3.05) is 26.3 Å². The van der Waals surface area contributed by atoms with Gasteiger partial charge in [-0.1, -0.05) is 26.8 Å². The molecule has 2 heterocycles. The van der Waals surface area contributed by atoms with Crippen molar-refractivity contribution >= 4 is 14.9 Å². The molecule has 0 saturated carbocycles. The monoisotopic (exact) mass is 363 g/mol. The fourth-order valence-corrected chi connectivity index (χ4v) is 3.85. The molecular weight excluding hydrogens is 332 g/mol. The van der Waals surface area contributed by atoms with Gasteiger partial charge in [0.2, 0.25) is 14.9 Å². The Morgan fingerprint density at radius 1 is 1.32 bits per heavy atom. The predicted molar refractivity (Wildman–Crippen MR) is 101 cm³/mol. The zero-order chi connectivity index (χ0) is 18.4. The number of morpholine rings is 1. The van der Waals surface area contributed by atoms with Gasteiger partial charge in [0.25, 0.3) is 0 Å². The molecule has 5 nitrogen and oxygen atoms in total. The summed E-state index contributed by atoms with van der Waals surface area (Å²) in [5.41, 5.74) is 1.91. The SMILES string of the molecule is C[Si](C)OC(c1cccc(CCC(=O)N2CCOCC2)n1)C(C)(C)C. The van der Waals surface area contributed by atoms with Crippen molar-refractivity contribution in [2.45, 2.75) is 52.8 Å². The molecule has 0 spiro atoms. The summed E-state index contributed by atoms with van der Waals surface area (Å²) in [5.74, 6) is 0.187. The molecule has 1 radical (unpaired) electrons. The smallest absolute Gasteiger partial charge is 0.223 e. The first kappa shape index (κ1) is 20.1. The molecule has 2 rings (SSSR count). The van der Waals surface area contributed by atoms with E-state index >= 15 is 0 Å². The molecule has 25 heavy (non-hydrogen) atoms. The van der Waals surface area contributed by atoms with Gasteiger partial charge in [-0.05, 0) is 37.1 Å². The summed E-state index contributed by atoms with van der Waals surface area (Å²) < 4.78 is 11.5. The molecule has 6 heteroatoms. The maximum absolute atomic E-state index is 12.3. The van der Waals surface area contributed by atoms with Gasteiger partial charge in [-0.3, -0.25) is 9.78 Å². The van der Waals surface area contributed by atoms with E-state index in [0.29, 0.717) is 39.1 Å². The van der Waals surface area contributed by atoms with Gasteiger partial charge in [0, 0.05) is 25.2 Å². The van der Waals surface area contributed by atoms with Crippen LogP contribution in [0, 0.1) is 5.41 Å². The number of pyridine rings is 1. The largest absolute Gasteiger partial charge is 0.408 e. The number of hydrogen-bond donors (Lipinski definition) is 0. The van der Waals surface area contributed by atoms with Gasteiger partial charge in [-0.15, -0.1) is 0 Å². The molecule has 1 unspecified atom stereocenters. The van der Waals surface area contributed by atoms with Gasteiger partial charge in [-0.2, -0.15) is 0 Å². The summed E-state index contributed by atoms with van der Waals surface area (Å²) >= 11 is 0. The number of aromatic nitrogens is 1. The fourth-order valence-electron chi connectivity index (χ4n) is 2.91. The third kappa shape index (κ3) is 6.20. The highest BCUT2D eigenvalue weighted by Gasteiger charge is 2.29. The van der Waals surface area contributed by atoms with E-state index in [4.69, 9.17) is 14.1 Å². The predicted octanol–water partition coefficient (Wildman–Crippen LogP) is 3.23. The van der Waals surface area contributed by atoms with Crippen molar-refractivity contribution in [1.29, 1.82) is 0 Å². The first-order valence-corrected chi connectivity index (χ1v) is 11.5. The van der Waals surface area contributed by atoms with Crippen molar-refractivity contribution in [1.82, 2.24) is 9.88 Å². The number of carbonyl (C=O) groups is 1. The van der Waals surface area contributed by atoms with Gasteiger partial charge < -0.3 is 14.1 Å². The van der Waals surface area contributed by atoms with E-state index in [2.05, 4.69) is 33.9 Å². The topological polar surface area (TPSA) is 51.7 Å². The molecule has 1 fully saturated rings. The van der Waals surface area contributed by atoms with Crippen LogP contribution in [0.4, 0.5) is 0 Å². The van der Waals surface area contributed by atoms with Crippen molar-refractivity contribution in [3.8, 4) is 0 Å². The van der Waals surface area contributed by atoms with Crippen molar-refractivity contribution in [3.05, 3.63) is 29.6 Å². The highest BCUT2D eigenvalue weighted by Crippen LogP contribution is 2.35. The van der Waals surface area contributed by atoms with Crippen LogP contribution >= 0.6 is 0 Å². The summed E-state index contributed by atoms with van der Waals surface area (Å²) in [6.07, 6.45) is 1.14. The van der Waals surface area contributed by atoms with E-state index < -0.39 is 9.04 Å². The Bertz CT molecular complexity index is 566. The van der Waals surface area contributed by atoms with Crippen LogP contribution in [-0.2, 0) is 20.4 Å². The van der Waals surface area contributed by atoms with Gasteiger partial charge in [0.1, 0.15) is 0 Å². The lowest BCUT2D eigenvalue weighted by atomic mass is 9.87. The normalized spacial score (nSPS) is 17.0. The van der Waals surface area contributed by atoms with E-state index in [1.54, 1.807) is 0 Å². The van der Waals surface area contributed by atoms with E-state index in [1.165, 1.54) is 0 Å².